The van der Waals surface area contributed by atoms with E-state index in [9.17, 15) is 4.79 Å². The van der Waals surface area contributed by atoms with Gasteiger partial charge < -0.3 is 14.6 Å². The molecule has 5 rings (SSSR count). The second kappa shape index (κ2) is 6.80. The van der Waals surface area contributed by atoms with Crippen LogP contribution in [0.15, 0.2) is 28.9 Å². The predicted molar refractivity (Wildman–Crippen MR) is 110 cm³/mol. The van der Waals surface area contributed by atoms with Gasteiger partial charge in [0.1, 0.15) is 11.9 Å². The highest BCUT2D eigenvalue weighted by Gasteiger charge is 2.62. The van der Waals surface area contributed by atoms with Crippen LogP contribution >= 0.6 is 11.6 Å². The van der Waals surface area contributed by atoms with Gasteiger partial charge in [-0.25, -0.2) is 9.78 Å². The Morgan fingerprint density at radius 1 is 1.33 bits per heavy atom. The van der Waals surface area contributed by atoms with Gasteiger partial charge in [0.25, 0.3) is 0 Å². The number of halogens is 1. The summed E-state index contributed by atoms with van der Waals surface area (Å²) in [7, 11) is 1.79. The molecule has 3 aromatic rings. The quantitative estimate of drug-likeness (QED) is 0.682. The van der Waals surface area contributed by atoms with E-state index in [0.29, 0.717) is 39.8 Å². The number of anilines is 1. The Morgan fingerprint density at radius 2 is 2.17 bits per heavy atom. The van der Waals surface area contributed by atoms with Crippen LogP contribution in [0.5, 0.6) is 0 Å². The molecule has 10 heteroatoms. The molecule has 3 atom stereocenters. The number of aryl methyl sites for hydroxylation is 2. The van der Waals surface area contributed by atoms with E-state index in [-0.39, 0.29) is 12.1 Å². The van der Waals surface area contributed by atoms with Crippen molar-refractivity contribution in [3.63, 3.8) is 0 Å². The molecule has 1 aromatic carbocycles. The number of rotatable bonds is 3. The van der Waals surface area contributed by atoms with Gasteiger partial charge >= 0.3 is 6.03 Å². The minimum absolute atomic E-state index is 0.158. The number of amides is 2. The van der Waals surface area contributed by atoms with E-state index < -0.39 is 5.54 Å². The summed E-state index contributed by atoms with van der Waals surface area (Å²) in [5, 5.41) is 16.1. The van der Waals surface area contributed by atoms with Crippen molar-refractivity contribution in [3.8, 4) is 11.4 Å². The monoisotopic (exact) mass is 427 g/mol. The Labute approximate surface area is 178 Å². The fourth-order valence-corrected chi connectivity index (χ4v) is 5.06. The normalized spacial score (nSPS) is 25.1. The van der Waals surface area contributed by atoms with Crippen molar-refractivity contribution in [2.24, 2.45) is 13.0 Å². The Morgan fingerprint density at radius 3 is 2.87 bits per heavy atom. The van der Waals surface area contributed by atoms with Crippen LogP contribution < -0.4 is 5.32 Å². The summed E-state index contributed by atoms with van der Waals surface area (Å²) >= 11 is 6.34. The lowest BCUT2D eigenvalue weighted by molar-refractivity contribution is -0.110. The molecule has 0 radical (unpaired) electrons. The Hall–Kier alpha value is -2.94. The molecule has 2 amide bonds. The summed E-state index contributed by atoms with van der Waals surface area (Å²) < 4.78 is 7.36. The van der Waals surface area contributed by atoms with Crippen LogP contribution in [0.2, 0.25) is 5.02 Å². The van der Waals surface area contributed by atoms with Crippen molar-refractivity contribution >= 4 is 23.3 Å². The van der Waals surface area contributed by atoms with Crippen LogP contribution in [0.4, 0.5) is 10.5 Å². The fraction of sp³-hybridized carbons (Fsp3) is 0.450. The molecular formula is C20H22ClN7O2. The number of carbonyl (C=O) groups is 1. The van der Waals surface area contributed by atoms with Crippen molar-refractivity contribution in [1.82, 2.24) is 29.9 Å². The van der Waals surface area contributed by atoms with Gasteiger partial charge in [-0.15, -0.1) is 10.2 Å². The van der Waals surface area contributed by atoms with E-state index in [1.807, 2.05) is 4.90 Å². The molecule has 30 heavy (non-hydrogen) atoms. The van der Waals surface area contributed by atoms with Crippen molar-refractivity contribution in [3.05, 3.63) is 41.3 Å². The van der Waals surface area contributed by atoms with Gasteiger partial charge in [0.2, 0.25) is 11.8 Å². The molecule has 1 aliphatic heterocycles. The van der Waals surface area contributed by atoms with Crippen molar-refractivity contribution in [2.45, 2.75) is 44.7 Å². The molecule has 156 valence electrons. The Kier molecular flexibility index (Phi) is 4.32. The summed E-state index contributed by atoms with van der Waals surface area (Å²) in [5.74, 6) is 2.02. The van der Waals surface area contributed by atoms with Gasteiger partial charge in [-0.05, 0) is 37.0 Å². The first kappa shape index (κ1) is 19.0. The number of benzene rings is 1. The zero-order valence-electron chi connectivity index (χ0n) is 17.0. The molecule has 2 fully saturated rings. The van der Waals surface area contributed by atoms with Crippen LogP contribution in [0.1, 0.15) is 38.0 Å². The van der Waals surface area contributed by atoms with Crippen molar-refractivity contribution in [1.29, 1.82) is 0 Å². The van der Waals surface area contributed by atoms with E-state index in [2.05, 4.69) is 32.5 Å². The number of aromatic nitrogens is 5. The van der Waals surface area contributed by atoms with Crippen LogP contribution in [0, 0.1) is 12.8 Å². The molecule has 0 spiro atoms. The van der Waals surface area contributed by atoms with E-state index in [4.69, 9.17) is 16.0 Å². The number of hydrogen-bond acceptors (Lipinski definition) is 6. The Balaban J connectivity index is 1.43. The zero-order chi connectivity index (χ0) is 21.0. The minimum atomic E-state index is -0.536. The standard InChI is InChI=1S/C20H22ClN7O2/c1-11-6-14-9-20(8-11,18-25-24-12(2)30-18)28(14)19(29)23-13-4-5-16(21)15(7-13)17-22-10-27(3)26-17/h4-5,7,10-11,14H,6,8-9H2,1-3H3,(H,23,29)/t11-,14?,20?/m0/s1. The molecule has 1 saturated heterocycles. The topological polar surface area (TPSA) is 102 Å². The smallest absolute Gasteiger partial charge is 0.323 e. The van der Waals surface area contributed by atoms with Crippen molar-refractivity contribution < 1.29 is 9.21 Å². The maximum Gasteiger partial charge on any atom is 0.323 e. The number of carbonyl (C=O) groups excluding carboxylic acids is 1. The maximum absolute atomic E-state index is 13.3. The summed E-state index contributed by atoms with van der Waals surface area (Å²) in [5.41, 5.74) is 0.752. The molecule has 9 nitrogen and oxygen atoms in total. The van der Waals surface area contributed by atoms with Crippen LogP contribution in [-0.2, 0) is 12.6 Å². The lowest BCUT2D eigenvalue weighted by atomic mass is 9.64. The molecule has 2 aliphatic rings. The molecule has 2 aromatic heterocycles. The van der Waals surface area contributed by atoms with E-state index in [1.54, 1.807) is 43.2 Å². The zero-order valence-corrected chi connectivity index (χ0v) is 17.7. The average molecular weight is 428 g/mol. The van der Waals surface area contributed by atoms with Gasteiger partial charge in [0.05, 0.1) is 5.02 Å². The highest BCUT2D eigenvalue weighted by molar-refractivity contribution is 6.33. The van der Waals surface area contributed by atoms with Crippen LogP contribution in [-0.4, -0.2) is 41.9 Å². The highest BCUT2D eigenvalue weighted by Crippen LogP contribution is 2.55. The van der Waals surface area contributed by atoms with Crippen LogP contribution in [0.3, 0.4) is 0 Å². The van der Waals surface area contributed by atoms with E-state index >= 15 is 0 Å². The molecule has 1 saturated carbocycles. The molecular weight excluding hydrogens is 406 g/mol. The van der Waals surface area contributed by atoms with E-state index in [0.717, 1.165) is 19.3 Å². The number of likely N-dealkylation sites (tertiary alicyclic amines) is 1. The third-order valence-corrected chi connectivity index (χ3v) is 6.29. The molecule has 3 heterocycles. The summed E-state index contributed by atoms with van der Waals surface area (Å²) in [6.45, 7) is 3.96. The second-order valence-corrected chi connectivity index (χ2v) is 8.70. The van der Waals surface area contributed by atoms with Gasteiger partial charge in [0, 0.05) is 37.7 Å². The highest BCUT2D eigenvalue weighted by atomic mass is 35.5. The summed E-state index contributed by atoms with van der Waals surface area (Å²) in [6.07, 6.45) is 4.22. The molecule has 1 aliphatic carbocycles. The number of fused-ring (bicyclic) bond motifs is 2. The summed E-state index contributed by atoms with van der Waals surface area (Å²) in [6, 6.07) is 5.27. The fourth-order valence-electron chi connectivity index (χ4n) is 4.85. The van der Waals surface area contributed by atoms with Gasteiger partial charge in [-0.3, -0.25) is 4.68 Å². The van der Waals surface area contributed by atoms with Gasteiger partial charge in [-0.2, -0.15) is 5.10 Å². The Bertz CT molecular complexity index is 1130. The first-order valence-corrected chi connectivity index (χ1v) is 10.3. The maximum atomic E-state index is 13.3. The average Bonchev–Trinajstić information content (AvgIpc) is 3.31. The molecule has 1 N–H and O–H groups in total. The lowest BCUT2D eigenvalue weighted by Gasteiger charge is -2.61. The van der Waals surface area contributed by atoms with Crippen LogP contribution in [0.25, 0.3) is 11.4 Å². The van der Waals surface area contributed by atoms with Crippen molar-refractivity contribution in [2.75, 3.05) is 5.32 Å². The third kappa shape index (κ3) is 2.96. The summed E-state index contributed by atoms with van der Waals surface area (Å²) in [4.78, 5) is 19.4. The number of piperidine rings is 1. The van der Waals surface area contributed by atoms with Gasteiger partial charge in [0.15, 0.2) is 5.82 Å². The molecule has 2 unspecified atom stereocenters. The number of hydrogen-bond donors (Lipinski definition) is 1. The first-order valence-electron chi connectivity index (χ1n) is 9.92. The SMILES string of the molecule is Cc1nnc(C23CC(C[C@H](C)C2)N3C(=O)Nc2ccc(Cl)c(-c3ncn(C)n3)c2)o1. The number of nitrogens with zero attached hydrogens (tertiary/aromatic N) is 6. The van der Waals surface area contributed by atoms with E-state index in [1.165, 1.54) is 0 Å². The second-order valence-electron chi connectivity index (χ2n) is 8.30. The largest absolute Gasteiger partial charge is 0.423 e. The lowest BCUT2D eigenvalue weighted by Crippen LogP contribution is -2.70. The number of urea groups is 1. The molecule has 2 bridgehead atoms. The third-order valence-electron chi connectivity index (χ3n) is 5.96. The number of nitrogens with one attached hydrogen (secondary N) is 1. The minimum Gasteiger partial charge on any atom is -0.423 e. The predicted octanol–water partition coefficient (Wildman–Crippen LogP) is 3.76. The van der Waals surface area contributed by atoms with Gasteiger partial charge in [-0.1, -0.05) is 18.5 Å². The first-order chi connectivity index (χ1) is 14.4.